The molecular weight excluding hydrogens is 306 g/mol. The molecule has 1 fully saturated rings. The molecular formula is C19H26NO4. The highest BCUT2D eigenvalue weighted by atomic mass is 16.6. The second-order valence-corrected chi connectivity index (χ2v) is 5.95. The number of hydrogen-bond donors (Lipinski definition) is 0. The molecule has 1 aromatic carbocycles. The van der Waals surface area contributed by atoms with Gasteiger partial charge in [-0.1, -0.05) is 30.3 Å². The number of carbonyl (C=O) groups is 2. The van der Waals surface area contributed by atoms with E-state index in [4.69, 9.17) is 9.47 Å². The molecule has 5 heteroatoms. The first-order valence-electron chi connectivity index (χ1n) is 8.62. The Morgan fingerprint density at radius 1 is 1.12 bits per heavy atom. The average Bonchev–Trinajstić information content (AvgIpc) is 2.58. The third-order valence-corrected chi connectivity index (χ3v) is 4.27. The fourth-order valence-electron chi connectivity index (χ4n) is 3.10. The van der Waals surface area contributed by atoms with Crippen molar-refractivity contribution in [2.45, 2.75) is 33.1 Å². The van der Waals surface area contributed by atoms with Crippen molar-refractivity contribution in [2.75, 3.05) is 19.8 Å². The fraction of sp³-hybridized carbons (Fsp3) is 0.526. The summed E-state index contributed by atoms with van der Waals surface area (Å²) < 4.78 is 10.2. The highest BCUT2D eigenvalue weighted by Gasteiger charge is 2.34. The van der Waals surface area contributed by atoms with Gasteiger partial charge in [0.25, 0.3) is 0 Å². The number of rotatable bonds is 6. The van der Waals surface area contributed by atoms with Gasteiger partial charge in [-0.15, -0.1) is 0 Å². The molecule has 1 radical (unpaired) electrons. The fourth-order valence-corrected chi connectivity index (χ4v) is 3.10. The maximum Gasteiger partial charge on any atom is 0.410 e. The van der Waals surface area contributed by atoms with Gasteiger partial charge in [-0.2, -0.15) is 0 Å². The third kappa shape index (κ3) is 5.25. The average molecular weight is 332 g/mol. The number of carbonyl (C=O) groups excluding carboxylic acids is 2. The zero-order chi connectivity index (χ0) is 17.4. The van der Waals surface area contributed by atoms with E-state index in [2.05, 4.69) is 12.1 Å². The summed E-state index contributed by atoms with van der Waals surface area (Å²) in [7, 11) is 0. The SMILES string of the molecule is CCOC(=O)CC1CCN(C(=O)OCC)[CH]C1Cc1ccccc1. The van der Waals surface area contributed by atoms with Crippen molar-refractivity contribution in [3.63, 3.8) is 0 Å². The van der Waals surface area contributed by atoms with Gasteiger partial charge in [-0.25, -0.2) is 4.79 Å². The molecule has 0 N–H and O–H groups in total. The van der Waals surface area contributed by atoms with Crippen molar-refractivity contribution in [1.82, 2.24) is 4.90 Å². The molecule has 2 unspecified atom stereocenters. The van der Waals surface area contributed by atoms with Crippen LogP contribution in [0.2, 0.25) is 0 Å². The van der Waals surface area contributed by atoms with Crippen molar-refractivity contribution in [3.05, 3.63) is 42.4 Å². The Morgan fingerprint density at radius 3 is 2.50 bits per heavy atom. The monoisotopic (exact) mass is 332 g/mol. The summed E-state index contributed by atoms with van der Waals surface area (Å²) >= 11 is 0. The molecule has 0 saturated carbocycles. The van der Waals surface area contributed by atoms with Crippen LogP contribution >= 0.6 is 0 Å². The van der Waals surface area contributed by atoms with Crippen molar-refractivity contribution >= 4 is 12.1 Å². The number of amides is 1. The van der Waals surface area contributed by atoms with E-state index in [1.807, 2.05) is 31.7 Å². The number of nitrogens with zero attached hydrogens (tertiary/aromatic N) is 1. The van der Waals surface area contributed by atoms with Crippen LogP contribution in [-0.2, 0) is 20.7 Å². The van der Waals surface area contributed by atoms with Gasteiger partial charge in [0.15, 0.2) is 0 Å². The van der Waals surface area contributed by atoms with Gasteiger partial charge in [-0.3, -0.25) is 4.79 Å². The van der Waals surface area contributed by atoms with Crippen molar-refractivity contribution < 1.29 is 19.1 Å². The van der Waals surface area contributed by atoms with Gasteiger partial charge < -0.3 is 14.4 Å². The van der Waals surface area contributed by atoms with E-state index in [0.717, 1.165) is 12.8 Å². The zero-order valence-electron chi connectivity index (χ0n) is 14.4. The smallest absolute Gasteiger partial charge is 0.410 e. The van der Waals surface area contributed by atoms with E-state index in [-0.39, 0.29) is 23.9 Å². The second kappa shape index (κ2) is 9.30. The minimum Gasteiger partial charge on any atom is -0.466 e. The molecule has 24 heavy (non-hydrogen) atoms. The Hall–Kier alpha value is -2.04. The summed E-state index contributed by atoms with van der Waals surface area (Å²) in [5.41, 5.74) is 1.19. The lowest BCUT2D eigenvalue weighted by Gasteiger charge is -2.37. The van der Waals surface area contributed by atoms with Crippen LogP contribution in [0.15, 0.2) is 30.3 Å². The second-order valence-electron chi connectivity index (χ2n) is 5.95. The number of piperidine rings is 1. The predicted octanol–water partition coefficient (Wildman–Crippen LogP) is 3.44. The molecule has 5 nitrogen and oxygen atoms in total. The minimum atomic E-state index is -0.315. The lowest BCUT2D eigenvalue weighted by molar-refractivity contribution is -0.144. The molecule has 1 amide bonds. The largest absolute Gasteiger partial charge is 0.466 e. The van der Waals surface area contributed by atoms with Crippen LogP contribution in [-0.4, -0.2) is 36.7 Å². The molecule has 0 spiro atoms. The number of hydrogen-bond acceptors (Lipinski definition) is 4. The molecule has 1 aromatic rings. The molecule has 0 aromatic heterocycles. The van der Waals surface area contributed by atoms with Gasteiger partial charge in [0.2, 0.25) is 0 Å². The maximum atomic E-state index is 12.0. The highest BCUT2D eigenvalue weighted by molar-refractivity contribution is 5.70. The number of ether oxygens (including phenoxy) is 2. The van der Waals surface area contributed by atoms with Crippen LogP contribution in [0.5, 0.6) is 0 Å². The van der Waals surface area contributed by atoms with E-state index < -0.39 is 0 Å². The van der Waals surface area contributed by atoms with E-state index in [0.29, 0.717) is 26.2 Å². The number of likely N-dealkylation sites (tertiary alicyclic amines) is 1. The lowest BCUT2D eigenvalue weighted by Crippen LogP contribution is -2.41. The van der Waals surface area contributed by atoms with Crippen LogP contribution in [0.3, 0.4) is 0 Å². The summed E-state index contributed by atoms with van der Waals surface area (Å²) in [6.45, 7) is 6.88. The number of esters is 1. The topological polar surface area (TPSA) is 55.8 Å². The van der Waals surface area contributed by atoms with Crippen molar-refractivity contribution in [1.29, 1.82) is 0 Å². The van der Waals surface area contributed by atoms with Crippen LogP contribution < -0.4 is 0 Å². The Labute approximate surface area is 143 Å². The minimum absolute atomic E-state index is 0.106. The summed E-state index contributed by atoms with van der Waals surface area (Å²) in [4.78, 5) is 25.5. The van der Waals surface area contributed by atoms with Crippen LogP contribution in [0.1, 0.15) is 32.3 Å². The zero-order valence-corrected chi connectivity index (χ0v) is 14.4. The third-order valence-electron chi connectivity index (χ3n) is 4.27. The summed E-state index contributed by atoms with van der Waals surface area (Å²) in [6.07, 6.45) is 1.63. The molecule has 2 rings (SSSR count). The Morgan fingerprint density at radius 2 is 1.83 bits per heavy atom. The molecule has 2 atom stereocenters. The van der Waals surface area contributed by atoms with Gasteiger partial charge in [0.1, 0.15) is 0 Å². The molecule has 1 aliphatic rings. The van der Waals surface area contributed by atoms with Crippen LogP contribution in [0, 0.1) is 18.4 Å². The van der Waals surface area contributed by atoms with E-state index >= 15 is 0 Å². The molecule has 1 saturated heterocycles. The van der Waals surface area contributed by atoms with Gasteiger partial charge in [0.05, 0.1) is 19.8 Å². The first-order chi connectivity index (χ1) is 11.6. The van der Waals surface area contributed by atoms with Crippen molar-refractivity contribution in [3.8, 4) is 0 Å². The summed E-state index contributed by atoms with van der Waals surface area (Å²) in [5, 5.41) is 0. The molecule has 1 heterocycles. The maximum absolute atomic E-state index is 12.0. The normalized spacial score (nSPS) is 20.5. The highest BCUT2D eigenvalue weighted by Crippen LogP contribution is 2.32. The number of benzene rings is 1. The standard InChI is InChI=1S/C19H26NO4/c1-3-23-18(21)13-16-10-11-20(19(22)24-4-2)14-17(16)12-15-8-6-5-7-9-15/h5-9,14,16-17H,3-4,10-13H2,1-2H3. The Kier molecular flexibility index (Phi) is 7.09. The predicted molar refractivity (Wildman–Crippen MR) is 91.0 cm³/mol. The quantitative estimate of drug-likeness (QED) is 0.749. The van der Waals surface area contributed by atoms with Gasteiger partial charge in [-0.05, 0) is 44.1 Å². The molecule has 131 valence electrons. The summed E-state index contributed by atoms with van der Waals surface area (Å²) in [6, 6.07) is 10.1. The van der Waals surface area contributed by atoms with Crippen LogP contribution in [0.25, 0.3) is 0 Å². The molecule has 1 aliphatic heterocycles. The van der Waals surface area contributed by atoms with Gasteiger partial charge >= 0.3 is 12.1 Å². The summed E-state index contributed by atoms with van der Waals surface area (Å²) in [5.74, 6) is 0.114. The lowest BCUT2D eigenvalue weighted by atomic mass is 9.79. The van der Waals surface area contributed by atoms with Gasteiger partial charge in [0, 0.05) is 13.0 Å². The Bertz CT molecular complexity index is 531. The molecule has 0 bridgehead atoms. The van der Waals surface area contributed by atoms with Crippen LogP contribution in [0.4, 0.5) is 4.79 Å². The molecule has 0 aliphatic carbocycles. The van der Waals surface area contributed by atoms with E-state index in [1.165, 1.54) is 5.56 Å². The van der Waals surface area contributed by atoms with E-state index in [1.54, 1.807) is 11.8 Å². The first kappa shape index (κ1) is 18.3. The van der Waals surface area contributed by atoms with E-state index in [9.17, 15) is 9.59 Å². The Balaban J connectivity index is 2.05. The first-order valence-corrected chi connectivity index (χ1v) is 8.62. The van der Waals surface area contributed by atoms with Crippen molar-refractivity contribution in [2.24, 2.45) is 11.8 Å².